The topological polar surface area (TPSA) is 94.2 Å². The lowest BCUT2D eigenvalue weighted by atomic mass is 9.77. The average molecular weight is 492 g/mol. The predicted molar refractivity (Wildman–Crippen MR) is 146 cm³/mol. The van der Waals surface area contributed by atoms with Crippen LogP contribution in [0.4, 0.5) is 5.69 Å². The second kappa shape index (κ2) is 12.9. The van der Waals surface area contributed by atoms with Crippen LogP contribution in [0.25, 0.3) is 11.0 Å². The summed E-state index contributed by atoms with van der Waals surface area (Å²) >= 11 is 0. The Balaban J connectivity index is 1.67. The van der Waals surface area contributed by atoms with Gasteiger partial charge < -0.3 is 24.3 Å². The smallest absolute Gasteiger partial charge is 0.423 e. The summed E-state index contributed by atoms with van der Waals surface area (Å²) in [4.78, 5) is 29.4. The summed E-state index contributed by atoms with van der Waals surface area (Å²) in [5.41, 5.74) is 3.32. The Bertz CT molecular complexity index is 1240. The lowest BCUT2D eigenvalue weighted by molar-refractivity contribution is 0.101. The van der Waals surface area contributed by atoms with Gasteiger partial charge in [-0.3, -0.25) is 4.79 Å². The maximum Gasteiger partial charge on any atom is 0.488 e. The Morgan fingerprint density at radius 3 is 2.42 bits per heavy atom. The molecule has 0 atom stereocenters. The van der Waals surface area contributed by atoms with Gasteiger partial charge in [0.25, 0.3) is 0 Å². The first-order chi connectivity index (χ1) is 17.3. The van der Waals surface area contributed by atoms with Gasteiger partial charge in [0.05, 0.1) is 0 Å². The van der Waals surface area contributed by atoms with E-state index in [4.69, 9.17) is 4.42 Å². The molecule has 0 radical (unpaired) electrons. The van der Waals surface area contributed by atoms with Crippen molar-refractivity contribution in [1.29, 1.82) is 0 Å². The third-order valence-corrected chi connectivity index (χ3v) is 6.72. The molecule has 0 spiro atoms. The molecule has 0 fully saturated rings. The van der Waals surface area contributed by atoms with Crippen LogP contribution in [0.2, 0.25) is 0 Å². The van der Waals surface area contributed by atoms with Crippen LogP contribution in [0.1, 0.15) is 61.5 Å². The van der Waals surface area contributed by atoms with Gasteiger partial charge in [0.1, 0.15) is 11.1 Å². The molecule has 0 aliphatic carbocycles. The molecule has 0 saturated carbocycles. The van der Waals surface area contributed by atoms with Crippen LogP contribution in [-0.2, 0) is 13.0 Å². The quantitative estimate of drug-likeness (QED) is 0.164. The van der Waals surface area contributed by atoms with Gasteiger partial charge in [0, 0.05) is 36.8 Å². The largest absolute Gasteiger partial charge is 0.488 e. The zero-order valence-electron chi connectivity index (χ0n) is 21.8. The van der Waals surface area contributed by atoms with Crippen LogP contribution in [0.15, 0.2) is 51.7 Å². The number of Topliss-reactive ketones (excluding diaryl/α,β-unsaturated/α-hetero) is 1. The number of hydrogen-bond acceptors (Lipinski definition) is 7. The van der Waals surface area contributed by atoms with Gasteiger partial charge in [-0.2, -0.15) is 0 Å². The van der Waals surface area contributed by atoms with Crippen LogP contribution in [0.5, 0.6) is 0 Å². The van der Waals surface area contributed by atoms with Gasteiger partial charge in [-0.05, 0) is 82.3 Å². The molecule has 0 aliphatic heterocycles. The average Bonchev–Trinajstić information content (AvgIpc) is 2.84. The number of fused-ring (bicyclic) bond motifs is 1. The highest BCUT2D eigenvalue weighted by Crippen LogP contribution is 2.27. The van der Waals surface area contributed by atoms with Crippen molar-refractivity contribution in [2.24, 2.45) is 0 Å². The van der Waals surface area contributed by atoms with Crippen LogP contribution >= 0.6 is 0 Å². The third kappa shape index (κ3) is 6.63. The van der Waals surface area contributed by atoms with Crippen molar-refractivity contribution < 1.29 is 19.3 Å². The first-order valence-corrected chi connectivity index (χ1v) is 12.7. The number of carbonyl (C=O) groups excluding carboxylic acids is 1. The second-order valence-corrected chi connectivity index (χ2v) is 9.27. The molecule has 1 heterocycles. The maximum absolute atomic E-state index is 12.7. The zero-order chi connectivity index (χ0) is 26.2. The lowest BCUT2D eigenvalue weighted by Gasteiger charge is -2.21. The van der Waals surface area contributed by atoms with E-state index in [-0.39, 0.29) is 11.3 Å². The fourth-order valence-corrected chi connectivity index (χ4v) is 4.82. The Morgan fingerprint density at radius 1 is 1.03 bits per heavy atom. The SMILES string of the molecule is CCN(CC)c1ccc2c(CCCCCN(C)Cc3ccccc3B(O)O)c(C(C)=O)c(=O)oc2c1. The Morgan fingerprint density at radius 2 is 1.75 bits per heavy atom. The van der Waals surface area contributed by atoms with Crippen LogP contribution in [0, 0.1) is 0 Å². The molecule has 0 saturated heterocycles. The monoisotopic (exact) mass is 492 g/mol. The first-order valence-electron chi connectivity index (χ1n) is 12.7. The van der Waals surface area contributed by atoms with E-state index >= 15 is 0 Å². The standard InChI is InChI=1S/C28H37BN2O5/c1-5-31(6-2)22-15-16-23-24(27(20(3)32)28(33)36-26(23)18-22)13-8-7-11-17-30(4)19-21-12-9-10-14-25(21)29(34)35/h9-10,12,14-16,18,34-35H,5-8,11,13,17,19H2,1-4H3. The first kappa shape index (κ1) is 27.6. The number of benzene rings is 2. The van der Waals surface area contributed by atoms with E-state index in [0.29, 0.717) is 24.0 Å². The number of carbonyl (C=O) groups is 1. The molecule has 192 valence electrons. The summed E-state index contributed by atoms with van der Waals surface area (Å²) in [7, 11) is 0.532. The van der Waals surface area contributed by atoms with E-state index in [0.717, 1.165) is 61.1 Å². The van der Waals surface area contributed by atoms with Gasteiger partial charge in [-0.15, -0.1) is 0 Å². The molecule has 0 unspecified atom stereocenters. The van der Waals surface area contributed by atoms with E-state index in [9.17, 15) is 19.6 Å². The molecule has 0 bridgehead atoms. The Labute approximate surface area is 213 Å². The fraction of sp³-hybridized carbons (Fsp3) is 0.429. The molecule has 3 aromatic rings. The summed E-state index contributed by atoms with van der Waals surface area (Å²) < 4.78 is 5.57. The second-order valence-electron chi connectivity index (χ2n) is 9.27. The number of ketones is 1. The Hall–Kier alpha value is -2.94. The third-order valence-electron chi connectivity index (χ3n) is 6.72. The molecule has 36 heavy (non-hydrogen) atoms. The minimum atomic E-state index is -1.48. The molecule has 7 nitrogen and oxygen atoms in total. The molecule has 2 aromatic carbocycles. The van der Waals surface area contributed by atoms with Crippen molar-refractivity contribution in [3.05, 3.63) is 69.6 Å². The van der Waals surface area contributed by atoms with E-state index < -0.39 is 12.7 Å². The number of unbranched alkanes of at least 4 members (excludes halogenated alkanes) is 2. The van der Waals surface area contributed by atoms with Crippen molar-refractivity contribution in [3.8, 4) is 0 Å². The summed E-state index contributed by atoms with van der Waals surface area (Å²) in [6.07, 6.45) is 3.35. The van der Waals surface area contributed by atoms with Gasteiger partial charge in [0.2, 0.25) is 0 Å². The van der Waals surface area contributed by atoms with Crippen LogP contribution in [0.3, 0.4) is 0 Å². The molecule has 1 aromatic heterocycles. The summed E-state index contributed by atoms with van der Waals surface area (Å²) in [5.74, 6) is -0.266. The minimum absolute atomic E-state index is 0.161. The number of aryl methyl sites for hydroxylation is 1. The summed E-state index contributed by atoms with van der Waals surface area (Å²) in [5, 5.41) is 20.0. The van der Waals surface area contributed by atoms with E-state index in [2.05, 4.69) is 23.6 Å². The van der Waals surface area contributed by atoms with Crippen molar-refractivity contribution in [2.75, 3.05) is 31.6 Å². The maximum atomic E-state index is 12.7. The number of rotatable bonds is 13. The van der Waals surface area contributed by atoms with Crippen LogP contribution < -0.4 is 16.0 Å². The fourth-order valence-electron chi connectivity index (χ4n) is 4.82. The number of hydrogen-bond donors (Lipinski definition) is 2. The van der Waals surface area contributed by atoms with Crippen molar-refractivity contribution in [2.45, 2.75) is 53.0 Å². The summed E-state index contributed by atoms with van der Waals surface area (Å²) in [6, 6.07) is 13.2. The van der Waals surface area contributed by atoms with Gasteiger partial charge in [-0.25, -0.2) is 4.79 Å². The van der Waals surface area contributed by atoms with Crippen molar-refractivity contribution in [3.63, 3.8) is 0 Å². The highest BCUT2D eigenvalue weighted by molar-refractivity contribution is 6.59. The highest BCUT2D eigenvalue weighted by Gasteiger charge is 2.19. The molecule has 2 N–H and O–H groups in total. The normalized spacial score (nSPS) is 11.3. The minimum Gasteiger partial charge on any atom is -0.423 e. The molecule has 0 aliphatic rings. The Kier molecular flexibility index (Phi) is 9.87. The number of nitrogens with zero attached hydrogens (tertiary/aromatic N) is 2. The van der Waals surface area contributed by atoms with E-state index in [1.54, 1.807) is 12.1 Å². The molecular formula is C28H37BN2O5. The van der Waals surface area contributed by atoms with Gasteiger partial charge >= 0.3 is 12.7 Å². The predicted octanol–water partition coefficient (Wildman–Crippen LogP) is 3.37. The highest BCUT2D eigenvalue weighted by atomic mass is 16.4. The molecular weight excluding hydrogens is 455 g/mol. The lowest BCUT2D eigenvalue weighted by Crippen LogP contribution is -2.35. The summed E-state index contributed by atoms with van der Waals surface area (Å²) in [6.45, 7) is 8.76. The molecule has 3 rings (SSSR count). The van der Waals surface area contributed by atoms with Gasteiger partial charge in [0.15, 0.2) is 5.78 Å². The molecule has 8 heteroatoms. The van der Waals surface area contributed by atoms with Crippen molar-refractivity contribution >= 4 is 35.0 Å². The van der Waals surface area contributed by atoms with Crippen LogP contribution in [-0.4, -0.2) is 54.5 Å². The zero-order valence-corrected chi connectivity index (χ0v) is 21.8. The van der Waals surface area contributed by atoms with Gasteiger partial charge in [-0.1, -0.05) is 30.7 Å². The van der Waals surface area contributed by atoms with Crippen molar-refractivity contribution in [1.82, 2.24) is 4.90 Å². The molecule has 0 amide bonds. The number of anilines is 1. The van der Waals surface area contributed by atoms with E-state index in [1.165, 1.54) is 6.92 Å². The van der Waals surface area contributed by atoms with E-state index in [1.807, 2.05) is 37.4 Å².